The van der Waals surface area contributed by atoms with E-state index < -0.39 is 28.0 Å². The van der Waals surface area contributed by atoms with E-state index >= 15 is 0 Å². The number of nitriles is 1. The molecule has 0 aliphatic rings. The van der Waals surface area contributed by atoms with E-state index in [2.05, 4.69) is 15.9 Å². The number of carbonyl (C=O) groups is 1. The van der Waals surface area contributed by atoms with Crippen LogP contribution in [0.4, 0.5) is 13.2 Å². The summed E-state index contributed by atoms with van der Waals surface area (Å²) in [4.78, 5) is 10.1. The van der Waals surface area contributed by atoms with Crippen LogP contribution in [0.2, 0.25) is 0 Å². The van der Waals surface area contributed by atoms with Crippen molar-refractivity contribution >= 4 is 21.8 Å². The number of rotatable bonds is 3. The zero-order valence-electron chi connectivity index (χ0n) is 8.96. The summed E-state index contributed by atoms with van der Waals surface area (Å²) in [6.07, 6.45) is -4.57. The lowest BCUT2D eigenvalue weighted by Gasteiger charge is -2.11. The molecule has 1 unspecified atom stereocenters. The zero-order chi connectivity index (χ0) is 13.9. The maximum absolute atomic E-state index is 12.7. The summed E-state index contributed by atoms with van der Waals surface area (Å²) in [6, 6.07) is 4.79. The molecule has 3 nitrogen and oxygen atoms in total. The molecule has 1 aromatic carbocycles. The Labute approximate surface area is 110 Å². The van der Waals surface area contributed by atoms with Gasteiger partial charge in [-0.15, -0.1) is 0 Å². The average molecular weight is 321 g/mol. The molecular weight excluding hydrogens is 313 g/mol. The molecular formula is C11H8BrF3N2O. The first-order chi connectivity index (χ1) is 8.25. The van der Waals surface area contributed by atoms with Crippen LogP contribution >= 0.6 is 15.9 Å². The van der Waals surface area contributed by atoms with Crippen LogP contribution in [0.1, 0.15) is 16.7 Å². The second-order valence-electron chi connectivity index (χ2n) is 3.56. The Balaban J connectivity index is 3.12. The minimum absolute atomic E-state index is 0.0319. The van der Waals surface area contributed by atoms with Crippen molar-refractivity contribution in [1.82, 2.24) is 0 Å². The van der Waals surface area contributed by atoms with Crippen molar-refractivity contribution < 1.29 is 18.0 Å². The largest absolute Gasteiger partial charge is 0.417 e. The number of alkyl halides is 4. The van der Waals surface area contributed by atoms with Crippen LogP contribution in [0, 0.1) is 11.3 Å². The molecule has 0 aliphatic carbocycles. The van der Waals surface area contributed by atoms with E-state index in [0.717, 1.165) is 12.1 Å². The molecule has 7 heteroatoms. The number of nitrogens with zero attached hydrogens (tertiary/aromatic N) is 1. The standard InChI is InChI=1S/C11H8BrF3N2O/c12-9(10(17)18)4-6-1-2-7(5-16)8(3-6)11(13,14)15/h1-3,9H,4H2,(H2,17,18). The van der Waals surface area contributed by atoms with E-state index in [0.29, 0.717) is 0 Å². The van der Waals surface area contributed by atoms with Gasteiger partial charge in [0, 0.05) is 0 Å². The Morgan fingerprint density at radius 2 is 2.11 bits per heavy atom. The number of carbonyl (C=O) groups excluding carboxylic acids is 1. The highest BCUT2D eigenvalue weighted by Crippen LogP contribution is 2.32. The van der Waals surface area contributed by atoms with Crippen molar-refractivity contribution in [3.8, 4) is 6.07 Å². The summed E-state index contributed by atoms with van der Waals surface area (Å²) in [7, 11) is 0. The quantitative estimate of drug-likeness (QED) is 0.869. The van der Waals surface area contributed by atoms with E-state index in [1.807, 2.05) is 0 Å². The minimum atomic E-state index is -4.60. The van der Waals surface area contributed by atoms with Crippen LogP contribution in [0.5, 0.6) is 0 Å². The van der Waals surface area contributed by atoms with Crippen LogP contribution < -0.4 is 5.73 Å². The van der Waals surface area contributed by atoms with E-state index in [-0.39, 0.29) is 12.0 Å². The monoisotopic (exact) mass is 320 g/mol. The number of hydrogen-bond donors (Lipinski definition) is 1. The van der Waals surface area contributed by atoms with Gasteiger partial charge in [-0.05, 0) is 24.1 Å². The molecule has 0 saturated carbocycles. The zero-order valence-corrected chi connectivity index (χ0v) is 10.5. The summed E-state index contributed by atoms with van der Waals surface area (Å²) in [5, 5.41) is 8.61. The predicted octanol–water partition coefficient (Wildman–Crippen LogP) is 2.37. The van der Waals surface area contributed by atoms with E-state index in [9.17, 15) is 18.0 Å². The number of amides is 1. The van der Waals surface area contributed by atoms with Gasteiger partial charge in [0.05, 0.1) is 22.0 Å². The fraction of sp³-hybridized carbons (Fsp3) is 0.273. The number of primary amides is 1. The maximum atomic E-state index is 12.7. The molecule has 1 rings (SSSR count). The molecule has 0 fully saturated rings. The first-order valence-electron chi connectivity index (χ1n) is 4.79. The smallest absolute Gasteiger partial charge is 0.369 e. The molecule has 0 aromatic heterocycles. The third-order valence-corrected chi connectivity index (χ3v) is 3.01. The third kappa shape index (κ3) is 3.47. The molecule has 18 heavy (non-hydrogen) atoms. The number of nitrogens with two attached hydrogens (primary N) is 1. The normalized spacial score (nSPS) is 12.8. The van der Waals surface area contributed by atoms with Crippen molar-refractivity contribution in [3.05, 3.63) is 34.9 Å². The number of halogens is 4. The second-order valence-corrected chi connectivity index (χ2v) is 4.67. The molecule has 1 amide bonds. The summed E-state index contributed by atoms with van der Waals surface area (Å²) >= 11 is 2.97. The average Bonchev–Trinajstić information content (AvgIpc) is 2.27. The maximum Gasteiger partial charge on any atom is 0.417 e. The Morgan fingerprint density at radius 3 is 2.56 bits per heavy atom. The summed E-state index contributed by atoms with van der Waals surface area (Å²) in [5.74, 6) is -0.659. The molecule has 0 heterocycles. The van der Waals surface area contributed by atoms with Crippen LogP contribution in [0.25, 0.3) is 0 Å². The molecule has 1 aromatic rings. The van der Waals surface area contributed by atoms with Gasteiger partial charge in [0.2, 0.25) is 5.91 Å². The van der Waals surface area contributed by atoms with Crippen LogP contribution in [0.15, 0.2) is 18.2 Å². The summed E-state index contributed by atoms with van der Waals surface area (Å²) < 4.78 is 38.0. The SMILES string of the molecule is N#Cc1ccc(CC(Br)C(N)=O)cc1C(F)(F)F. The van der Waals surface area contributed by atoms with Gasteiger partial charge in [-0.25, -0.2) is 0 Å². The second kappa shape index (κ2) is 5.40. The third-order valence-electron chi connectivity index (χ3n) is 2.23. The van der Waals surface area contributed by atoms with Gasteiger partial charge in [0.25, 0.3) is 0 Å². The predicted molar refractivity (Wildman–Crippen MR) is 61.8 cm³/mol. The highest BCUT2D eigenvalue weighted by Gasteiger charge is 2.33. The number of hydrogen-bond acceptors (Lipinski definition) is 2. The van der Waals surface area contributed by atoms with Gasteiger partial charge in [-0.3, -0.25) is 4.79 Å². The lowest BCUT2D eigenvalue weighted by Crippen LogP contribution is -2.25. The van der Waals surface area contributed by atoms with Crippen molar-refractivity contribution in [3.63, 3.8) is 0 Å². The fourth-order valence-electron chi connectivity index (χ4n) is 1.36. The summed E-state index contributed by atoms with van der Waals surface area (Å²) in [6.45, 7) is 0. The molecule has 0 saturated heterocycles. The highest BCUT2D eigenvalue weighted by molar-refractivity contribution is 9.10. The molecule has 0 aliphatic heterocycles. The Hall–Kier alpha value is -1.55. The lowest BCUT2D eigenvalue weighted by molar-refractivity contribution is -0.137. The molecule has 0 spiro atoms. The molecule has 0 bridgehead atoms. The van der Waals surface area contributed by atoms with E-state index in [4.69, 9.17) is 11.0 Å². The van der Waals surface area contributed by atoms with Gasteiger partial charge < -0.3 is 5.73 Å². The molecule has 2 N–H and O–H groups in total. The first kappa shape index (κ1) is 14.5. The lowest BCUT2D eigenvalue weighted by atomic mass is 10.0. The minimum Gasteiger partial charge on any atom is -0.369 e. The van der Waals surface area contributed by atoms with Gasteiger partial charge in [0.1, 0.15) is 0 Å². The number of benzene rings is 1. The fourth-order valence-corrected chi connectivity index (χ4v) is 1.73. The van der Waals surface area contributed by atoms with Crippen molar-refractivity contribution in [2.75, 3.05) is 0 Å². The molecule has 1 atom stereocenters. The van der Waals surface area contributed by atoms with Crippen LogP contribution in [0.3, 0.4) is 0 Å². The molecule has 0 radical (unpaired) electrons. The van der Waals surface area contributed by atoms with Crippen LogP contribution in [-0.2, 0) is 17.4 Å². The highest BCUT2D eigenvalue weighted by atomic mass is 79.9. The Kier molecular flexibility index (Phi) is 4.35. The van der Waals surface area contributed by atoms with Crippen molar-refractivity contribution in [1.29, 1.82) is 5.26 Å². The topological polar surface area (TPSA) is 66.9 Å². The van der Waals surface area contributed by atoms with E-state index in [1.54, 1.807) is 0 Å². The van der Waals surface area contributed by atoms with Crippen molar-refractivity contribution in [2.24, 2.45) is 5.73 Å². The first-order valence-corrected chi connectivity index (χ1v) is 5.71. The van der Waals surface area contributed by atoms with E-state index in [1.165, 1.54) is 12.1 Å². The Morgan fingerprint density at radius 1 is 1.50 bits per heavy atom. The van der Waals surface area contributed by atoms with Crippen molar-refractivity contribution in [2.45, 2.75) is 17.4 Å². The van der Waals surface area contributed by atoms with Gasteiger partial charge in [0.15, 0.2) is 0 Å². The summed E-state index contributed by atoms with van der Waals surface area (Å²) in [5.41, 5.74) is 3.83. The Bertz CT molecular complexity index is 508. The van der Waals surface area contributed by atoms with Crippen LogP contribution in [-0.4, -0.2) is 10.7 Å². The van der Waals surface area contributed by atoms with Gasteiger partial charge in [-0.1, -0.05) is 22.0 Å². The van der Waals surface area contributed by atoms with Gasteiger partial charge >= 0.3 is 6.18 Å². The van der Waals surface area contributed by atoms with Gasteiger partial charge in [-0.2, -0.15) is 18.4 Å². The molecule has 96 valence electrons.